The lowest BCUT2D eigenvalue weighted by Gasteiger charge is -2.27. The van der Waals surface area contributed by atoms with Crippen LogP contribution >= 0.6 is 11.3 Å². The number of aliphatic hydroxyl groups is 1. The predicted octanol–water partition coefficient (Wildman–Crippen LogP) is 3.90. The minimum atomic E-state index is -1.10. The average molecular weight is 596 g/mol. The molecule has 0 aliphatic carbocycles. The van der Waals surface area contributed by atoms with Crippen molar-refractivity contribution in [3.63, 3.8) is 0 Å². The van der Waals surface area contributed by atoms with Crippen molar-refractivity contribution in [1.29, 1.82) is 0 Å². The van der Waals surface area contributed by atoms with Crippen molar-refractivity contribution in [1.82, 2.24) is 25.8 Å². The molecule has 3 rings (SSSR count). The third-order valence-corrected chi connectivity index (χ3v) is 7.66. The molecular weight excluding hydrogens is 554 g/mol. The summed E-state index contributed by atoms with van der Waals surface area (Å²) < 4.78 is 5.42. The average Bonchev–Trinajstić information content (AvgIpc) is 3.51. The van der Waals surface area contributed by atoms with Gasteiger partial charge in [-0.15, -0.1) is 11.3 Å². The van der Waals surface area contributed by atoms with Gasteiger partial charge in [0.05, 0.1) is 17.0 Å². The van der Waals surface area contributed by atoms with E-state index in [0.29, 0.717) is 25.7 Å². The summed E-state index contributed by atoms with van der Waals surface area (Å²) >= 11 is 1.41. The van der Waals surface area contributed by atoms with E-state index in [1.807, 2.05) is 74.5 Å². The zero-order valence-corrected chi connectivity index (χ0v) is 25.2. The van der Waals surface area contributed by atoms with E-state index in [0.717, 1.165) is 16.0 Å². The number of hydrogen-bond donors (Lipinski definition) is 4. The van der Waals surface area contributed by atoms with Crippen molar-refractivity contribution in [2.75, 3.05) is 13.7 Å². The summed E-state index contributed by atoms with van der Waals surface area (Å²) in [6.45, 7) is 3.32. The van der Waals surface area contributed by atoms with Gasteiger partial charge in [-0.05, 0) is 50.7 Å². The first-order chi connectivity index (χ1) is 20.2. The number of benzene rings is 2. The molecule has 10 nitrogen and oxygen atoms in total. The molecular formula is C31H41N5O5S. The number of nitrogens with zero attached hydrogens (tertiary/aromatic N) is 2. The quantitative estimate of drug-likeness (QED) is 0.211. The molecule has 0 radical (unpaired) electrons. The van der Waals surface area contributed by atoms with E-state index < -0.39 is 30.7 Å². The molecule has 0 unspecified atom stereocenters. The maximum atomic E-state index is 13.2. The SMILES string of the molecule is CC(C)N(C)C(=O)N[C@@H](CO)C(=O)N[C@@H](CC[C@@H](Cc1ccccc1)NC(=O)OCc1cncs1)Cc1ccccc1. The summed E-state index contributed by atoms with van der Waals surface area (Å²) in [4.78, 5) is 44.8. The monoisotopic (exact) mass is 595 g/mol. The number of ether oxygens (including phenoxy) is 1. The molecule has 0 spiro atoms. The van der Waals surface area contributed by atoms with E-state index in [9.17, 15) is 19.5 Å². The van der Waals surface area contributed by atoms with Gasteiger partial charge in [0, 0.05) is 31.4 Å². The van der Waals surface area contributed by atoms with Crippen molar-refractivity contribution < 1.29 is 24.2 Å². The second-order valence-electron chi connectivity index (χ2n) is 10.4. The number of aliphatic hydroxyl groups excluding tert-OH is 1. The number of amides is 4. The maximum absolute atomic E-state index is 13.2. The van der Waals surface area contributed by atoms with Crippen molar-refractivity contribution in [2.45, 2.75) is 70.3 Å². The molecule has 42 heavy (non-hydrogen) atoms. The zero-order chi connectivity index (χ0) is 30.3. The van der Waals surface area contributed by atoms with E-state index in [-0.39, 0.29) is 24.7 Å². The van der Waals surface area contributed by atoms with Crippen LogP contribution in [0, 0.1) is 0 Å². The molecule has 0 fully saturated rings. The molecule has 1 heterocycles. The van der Waals surface area contributed by atoms with Gasteiger partial charge in [-0.2, -0.15) is 0 Å². The summed E-state index contributed by atoms with van der Waals surface area (Å²) in [5, 5.41) is 18.5. The Hall–Kier alpha value is -3.96. The smallest absolute Gasteiger partial charge is 0.407 e. The fourth-order valence-electron chi connectivity index (χ4n) is 4.29. The number of rotatable bonds is 15. The summed E-state index contributed by atoms with van der Waals surface area (Å²) in [6, 6.07) is 17.4. The van der Waals surface area contributed by atoms with E-state index in [2.05, 4.69) is 20.9 Å². The van der Waals surface area contributed by atoms with Crippen molar-refractivity contribution in [2.24, 2.45) is 0 Å². The Balaban J connectivity index is 1.69. The molecule has 0 saturated carbocycles. The van der Waals surface area contributed by atoms with Crippen LogP contribution < -0.4 is 16.0 Å². The number of urea groups is 1. The third kappa shape index (κ3) is 11.1. The van der Waals surface area contributed by atoms with Gasteiger partial charge in [0.1, 0.15) is 12.6 Å². The molecule has 2 aromatic carbocycles. The van der Waals surface area contributed by atoms with Gasteiger partial charge in [-0.25, -0.2) is 9.59 Å². The van der Waals surface area contributed by atoms with Crippen LogP contribution in [0.15, 0.2) is 72.4 Å². The second kappa shape index (κ2) is 17.1. The standard InChI is InChI=1S/C31H41N5O5S/c1-22(2)36(3)30(39)35-28(19-37)29(38)33-25(16-23-10-6-4-7-11-23)14-15-26(17-24-12-8-5-9-13-24)34-31(40)41-20-27-18-32-21-42-27/h4-13,18,21-22,25-26,28,37H,14-17,19-20H2,1-3H3,(H,33,38)(H,34,40)(H,35,39)/t25-,26-,28-/m0/s1. The van der Waals surface area contributed by atoms with Crippen molar-refractivity contribution in [3.8, 4) is 0 Å². The van der Waals surface area contributed by atoms with E-state index >= 15 is 0 Å². The Labute approximate surface area is 251 Å². The number of thiazole rings is 1. The number of alkyl carbamates (subject to hydrolysis) is 1. The molecule has 3 atom stereocenters. The minimum absolute atomic E-state index is 0.0686. The Morgan fingerprint density at radius 1 is 0.905 bits per heavy atom. The van der Waals surface area contributed by atoms with Gasteiger partial charge in [0.2, 0.25) is 5.91 Å². The largest absolute Gasteiger partial charge is 0.444 e. The molecule has 0 aliphatic heterocycles. The van der Waals surface area contributed by atoms with Crippen LogP contribution in [-0.4, -0.2) is 70.8 Å². The number of hydrogen-bond acceptors (Lipinski definition) is 7. The van der Waals surface area contributed by atoms with Crippen LogP contribution in [0.1, 0.15) is 42.7 Å². The fourth-order valence-corrected chi connectivity index (χ4v) is 4.80. The third-order valence-electron chi connectivity index (χ3n) is 6.90. The lowest BCUT2D eigenvalue weighted by Crippen LogP contribution is -2.55. The Kier molecular flexibility index (Phi) is 13.3. The summed E-state index contributed by atoms with van der Waals surface area (Å²) in [5.41, 5.74) is 3.78. The van der Waals surface area contributed by atoms with Crippen LogP contribution in [0.4, 0.5) is 9.59 Å². The fraction of sp³-hybridized carbons (Fsp3) is 0.419. The highest BCUT2D eigenvalue weighted by atomic mass is 32.1. The van der Waals surface area contributed by atoms with Crippen LogP contribution in [0.2, 0.25) is 0 Å². The van der Waals surface area contributed by atoms with Crippen molar-refractivity contribution in [3.05, 3.63) is 88.4 Å². The molecule has 1 aromatic heterocycles. The summed E-state index contributed by atoms with van der Waals surface area (Å²) in [7, 11) is 1.63. The lowest BCUT2D eigenvalue weighted by atomic mass is 9.96. The molecule has 4 N–H and O–H groups in total. The molecule has 0 saturated heterocycles. The number of aromatic nitrogens is 1. The van der Waals surface area contributed by atoms with Crippen LogP contribution in [-0.2, 0) is 29.0 Å². The highest BCUT2D eigenvalue weighted by Gasteiger charge is 2.26. The van der Waals surface area contributed by atoms with Crippen LogP contribution in [0.5, 0.6) is 0 Å². The van der Waals surface area contributed by atoms with Crippen molar-refractivity contribution >= 4 is 29.4 Å². The maximum Gasteiger partial charge on any atom is 0.407 e. The topological polar surface area (TPSA) is 133 Å². The summed E-state index contributed by atoms with van der Waals surface area (Å²) in [6.07, 6.45) is 3.35. The van der Waals surface area contributed by atoms with Gasteiger partial charge in [0.15, 0.2) is 0 Å². The Morgan fingerprint density at radius 3 is 1.98 bits per heavy atom. The molecule has 4 amide bonds. The predicted molar refractivity (Wildman–Crippen MR) is 163 cm³/mol. The number of nitrogens with one attached hydrogen (secondary N) is 3. The van der Waals surface area contributed by atoms with E-state index in [1.54, 1.807) is 18.8 Å². The lowest BCUT2D eigenvalue weighted by molar-refractivity contribution is -0.124. The first-order valence-corrected chi connectivity index (χ1v) is 15.0. The van der Waals surface area contributed by atoms with Gasteiger partial charge < -0.3 is 30.7 Å². The minimum Gasteiger partial charge on any atom is -0.444 e. The molecule has 11 heteroatoms. The molecule has 0 bridgehead atoms. The number of carbonyl (C=O) groups is 3. The van der Waals surface area contributed by atoms with Crippen LogP contribution in [0.25, 0.3) is 0 Å². The number of carbonyl (C=O) groups excluding carboxylic acids is 3. The first kappa shape index (κ1) is 32.6. The Bertz CT molecular complexity index is 1230. The van der Waals surface area contributed by atoms with Gasteiger partial charge >= 0.3 is 12.1 Å². The summed E-state index contributed by atoms with van der Waals surface area (Å²) in [5.74, 6) is -0.472. The Morgan fingerprint density at radius 2 is 1.48 bits per heavy atom. The molecule has 226 valence electrons. The molecule has 3 aromatic rings. The molecule has 0 aliphatic rings. The normalized spacial score (nSPS) is 13.1. The first-order valence-electron chi connectivity index (χ1n) is 14.1. The second-order valence-corrected chi connectivity index (χ2v) is 11.4. The van der Waals surface area contributed by atoms with Gasteiger partial charge in [-0.3, -0.25) is 9.78 Å². The van der Waals surface area contributed by atoms with Gasteiger partial charge in [-0.1, -0.05) is 60.7 Å². The highest BCUT2D eigenvalue weighted by Crippen LogP contribution is 2.14. The van der Waals surface area contributed by atoms with Crippen LogP contribution in [0.3, 0.4) is 0 Å². The highest BCUT2D eigenvalue weighted by molar-refractivity contribution is 7.09. The van der Waals surface area contributed by atoms with E-state index in [1.165, 1.54) is 16.2 Å². The van der Waals surface area contributed by atoms with E-state index in [4.69, 9.17) is 4.74 Å². The zero-order valence-electron chi connectivity index (χ0n) is 24.4. The van der Waals surface area contributed by atoms with Gasteiger partial charge in [0.25, 0.3) is 0 Å².